The van der Waals surface area contributed by atoms with Crippen LogP contribution in [0.3, 0.4) is 0 Å². The first kappa shape index (κ1) is 14.8. The van der Waals surface area contributed by atoms with Gasteiger partial charge in [-0.15, -0.1) is 0 Å². The van der Waals surface area contributed by atoms with Crippen molar-refractivity contribution in [3.05, 3.63) is 29.7 Å². The number of aryl methyl sites for hydroxylation is 1. The van der Waals surface area contributed by atoms with Crippen LogP contribution in [0, 0.1) is 6.92 Å². The zero-order valence-electron chi connectivity index (χ0n) is 13.5. The highest BCUT2D eigenvalue weighted by molar-refractivity contribution is 5.68. The van der Waals surface area contributed by atoms with Crippen LogP contribution in [0.15, 0.2) is 18.6 Å². The van der Waals surface area contributed by atoms with Crippen molar-refractivity contribution in [2.24, 2.45) is 0 Å². The molecule has 1 atom stereocenters. The number of ether oxygens (including phenoxy) is 1. The Hall–Kier alpha value is -2.11. The molecule has 0 N–H and O–H groups in total. The summed E-state index contributed by atoms with van der Waals surface area (Å²) in [5.74, 6) is 0.320. The molecule has 0 radical (unpaired) electrons. The van der Waals surface area contributed by atoms with Gasteiger partial charge in [-0.25, -0.2) is 14.3 Å². The Kier molecular flexibility index (Phi) is 3.54. The van der Waals surface area contributed by atoms with Crippen molar-refractivity contribution in [2.75, 3.05) is 13.1 Å². The predicted octanol–water partition coefficient (Wildman–Crippen LogP) is 2.76. The minimum atomic E-state index is -0.454. The van der Waals surface area contributed by atoms with E-state index in [0.717, 1.165) is 18.6 Å². The molecule has 0 saturated carbocycles. The van der Waals surface area contributed by atoms with Gasteiger partial charge in [0, 0.05) is 25.2 Å². The van der Waals surface area contributed by atoms with Crippen molar-refractivity contribution in [3.8, 4) is 0 Å². The second kappa shape index (κ2) is 5.26. The molecule has 1 saturated heterocycles. The Labute approximate surface area is 130 Å². The zero-order chi connectivity index (χ0) is 15.9. The van der Waals surface area contributed by atoms with Crippen LogP contribution in [-0.2, 0) is 4.74 Å². The molecule has 2 aromatic rings. The van der Waals surface area contributed by atoms with E-state index in [2.05, 4.69) is 17.0 Å². The number of hydrogen-bond donors (Lipinski definition) is 0. The fourth-order valence-electron chi connectivity index (χ4n) is 2.91. The van der Waals surface area contributed by atoms with E-state index in [9.17, 15) is 4.79 Å². The van der Waals surface area contributed by atoms with Crippen LogP contribution in [0.4, 0.5) is 4.79 Å². The lowest BCUT2D eigenvalue weighted by Crippen LogP contribution is -2.35. The van der Waals surface area contributed by atoms with Crippen LogP contribution in [-0.4, -0.2) is 44.3 Å². The Balaban J connectivity index is 1.76. The van der Waals surface area contributed by atoms with E-state index in [1.165, 1.54) is 11.1 Å². The third kappa shape index (κ3) is 2.91. The second-order valence-corrected chi connectivity index (χ2v) is 6.89. The maximum absolute atomic E-state index is 12.2. The molecule has 6 nitrogen and oxygen atoms in total. The Bertz CT molecular complexity index is 702. The zero-order valence-corrected chi connectivity index (χ0v) is 13.5. The number of likely N-dealkylation sites (tertiary alicyclic amines) is 1. The van der Waals surface area contributed by atoms with Crippen LogP contribution < -0.4 is 0 Å². The van der Waals surface area contributed by atoms with Crippen LogP contribution >= 0.6 is 0 Å². The van der Waals surface area contributed by atoms with Gasteiger partial charge in [-0.1, -0.05) is 0 Å². The molecule has 2 aromatic heterocycles. The van der Waals surface area contributed by atoms with Crippen molar-refractivity contribution < 1.29 is 9.53 Å². The standard InChI is InChI=1S/C16H22N4O2/c1-11-7-14-17-10-18-20(14)9-13(11)12-5-6-19(8-12)15(21)22-16(2,3)4/h7,9-10,12H,5-6,8H2,1-4H3. The highest BCUT2D eigenvalue weighted by atomic mass is 16.6. The van der Waals surface area contributed by atoms with Gasteiger partial charge < -0.3 is 9.64 Å². The molecule has 0 bridgehead atoms. The fraction of sp³-hybridized carbons (Fsp3) is 0.562. The topological polar surface area (TPSA) is 59.7 Å². The molecule has 0 aliphatic carbocycles. The minimum absolute atomic E-state index is 0.227. The minimum Gasteiger partial charge on any atom is -0.444 e. The molecule has 118 valence electrons. The molecule has 0 aromatic carbocycles. The van der Waals surface area contributed by atoms with Crippen LogP contribution in [0.2, 0.25) is 0 Å². The molecule has 22 heavy (non-hydrogen) atoms. The average molecular weight is 302 g/mol. The summed E-state index contributed by atoms with van der Waals surface area (Å²) in [6.07, 6.45) is 4.30. The summed E-state index contributed by atoms with van der Waals surface area (Å²) in [6, 6.07) is 2.04. The van der Waals surface area contributed by atoms with Crippen LogP contribution in [0.5, 0.6) is 0 Å². The van der Waals surface area contributed by atoms with Gasteiger partial charge in [0.25, 0.3) is 0 Å². The first-order valence-electron chi connectivity index (χ1n) is 7.61. The van der Waals surface area contributed by atoms with E-state index in [4.69, 9.17) is 4.74 Å². The van der Waals surface area contributed by atoms with Crippen molar-refractivity contribution in [1.29, 1.82) is 0 Å². The predicted molar refractivity (Wildman–Crippen MR) is 82.9 cm³/mol. The molecule has 0 spiro atoms. The number of hydrogen-bond acceptors (Lipinski definition) is 4. The van der Waals surface area contributed by atoms with Crippen molar-refractivity contribution in [2.45, 2.75) is 45.6 Å². The highest BCUT2D eigenvalue weighted by Gasteiger charge is 2.31. The molecular formula is C16H22N4O2. The second-order valence-electron chi connectivity index (χ2n) is 6.89. The van der Waals surface area contributed by atoms with Gasteiger partial charge in [0.15, 0.2) is 5.65 Å². The SMILES string of the molecule is Cc1cc2ncnn2cc1C1CCN(C(=O)OC(C)(C)C)C1. The average Bonchev–Trinajstić information content (AvgIpc) is 3.03. The molecule has 6 heteroatoms. The van der Waals surface area contributed by atoms with Crippen molar-refractivity contribution in [1.82, 2.24) is 19.5 Å². The summed E-state index contributed by atoms with van der Waals surface area (Å²) >= 11 is 0. The number of amides is 1. The molecule has 3 heterocycles. The maximum Gasteiger partial charge on any atom is 0.410 e. The fourth-order valence-corrected chi connectivity index (χ4v) is 2.91. The Morgan fingerprint density at radius 1 is 1.41 bits per heavy atom. The quantitative estimate of drug-likeness (QED) is 0.812. The number of fused-ring (bicyclic) bond motifs is 1. The van der Waals surface area contributed by atoms with Crippen molar-refractivity contribution in [3.63, 3.8) is 0 Å². The number of pyridine rings is 1. The van der Waals surface area contributed by atoms with E-state index in [0.29, 0.717) is 12.5 Å². The molecule has 1 amide bonds. The number of nitrogens with zero attached hydrogens (tertiary/aromatic N) is 4. The first-order chi connectivity index (χ1) is 10.3. The molecule has 1 aliphatic heterocycles. The third-order valence-electron chi connectivity index (χ3n) is 3.94. The summed E-state index contributed by atoms with van der Waals surface area (Å²) in [6.45, 7) is 9.17. The molecule has 1 fully saturated rings. The summed E-state index contributed by atoms with van der Waals surface area (Å²) in [7, 11) is 0. The maximum atomic E-state index is 12.2. The molecular weight excluding hydrogens is 280 g/mol. The van der Waals surface area contributed by atoms with Gasteiger partial charge in [-0.3, -0.25) is 0 Å². The summed E-state index contributed by atoms with van der Waals surface area (Å²) in [5, 5.41) is 4.19. The normalized spacial score (nSPS) is 18.9. The summed E-state index contributed by atoms with van der Waals surface area (Å²) in [5.41, 5.74) is 2.81. The van der Waals surface area contributed by atoms with Crippen LogP contribution in [0.25, 0.3) is 5.65 Å². The van der Waals surface area contributed by atoms with Crippen molar-refractivity contribution >= 4 is 11.7 Å². The van der Waals surface area contributed by atoms with Crippen LogP contribution in [0.1, 0.15) is 44.2 Å². The Morgan fingerprint density at radius 3 is 2.91 bits per heavy atom. The summed E-state index contributed by atoms with van der Waals surface area (Å²) in [4.78, 5) is 18.2. The van der Waals surface area contributed by atoms with E-state index >= 15 is 0 Å². The largest absolute Gasteiger partial charge is 0.444 e. The van der Waals surface area contributed by atoms with E-state index < -0.39 is 5.60 Å². The van der Waals surface area contributed by atoms with Gasteiger partial charge >= 0.3 is 6.09 Å². The highest BCUT2D eigenvalue weighted by Crippen LogP contribution is 2.30. The monoisotopic (exact) mass is 302 g/mol. The first-order valence-corrected chi connectivity index (χ1v) is 7.61. The molecule has 1 aliphatic rings. The van der Waals surface area contributed by atoms with E-state index in [-0.39, 0.29) is 6.09 Å². The number of carbonyl (C=O) groups is 1. The van der Waals surface area contributed by atoms with Gasteiger partial charge in [0.05, 0.1) is 0 Å². The molecule has 1 unspecified atom stereocenters. The lowest BCUT2D eigenvalue weighted by atomic mass is 9.96. The number of carbonyl (C=O) groups excluding carboxylic acids is 1. The van der Waals surface area contributed by atoms with Gasteiger partial charge in [-0.2, -0.15) is 5.10 Å². The molecule has 3 rings (SSSR count). The number of aromatic nitrogens is 3. The van der Waals surface area contributed by atoms with E-state index in [1.54, 1.807) is 15.7 Å². The van der Waals surface area contributed by atoms with Gasteiger partial charge in [0.1, 0.15) is 11.9 Å². The third-order valence-corrected chi connectivity index (χ3v) is 3.94. The number of rotatable bonds is 1. The lowest BCUT2D eigenvalue weighted by Gasteiger charge is -2.24. The Morgan fingerprint density at radius 2 is 2.18 bits per heavy atom. The lowest BCUT2D eigenvalue weighted by molar-refractivity contribution is 0.0292. The van der Waals surface area contributed by atoms with Gasteiger partial charge in [0.2, 0.25) is 0 Å². The van der Waals surface area contributed by atoms with E-state index in [1.807, 2.05) is 33.0 Å². The smallest absolute Gasteiger partial charge is 0.410 e. The summed E-state index contributed by atoms with van der Waals surface area (Å²) < 4.78 is 7.24. The van der Waals surface area contributed by atoms with Gasteiger partial charge in [-0.05, 0) is 51.3 Å².